The van der Waals surface area contributed by atoms with Gasteiger partial charge in [-0.2, -0.15) is 0 Å². The Morgan fingerprint density at radius 2 is 1.73 bits per heavy atom. The number of hydrogen-bond acceptors (Lipinski definition) is 2. The lowest BCUT2D eigenvalue weighted by molar-refractivity contribution is 0.686. The first-order valence-corrected chi connectivity index (χ1v) is 7.94. The van der Waals surface area contributed by atoms with Crippen LogP contribution in [-0.2, 0) is 0 Å². The first kappa shape index (κ1) is 15.5. The van der Waals surface area contributed by atoms with Crippen molar-refractivity contribution in [3.05, 3.63) is 63.1 Å². The Kier molecular flexibility index (Phi) is 4.48. The summed E-state index contributed by atoms with van der Waals surface area (Å²) in [5, 5.41) is 3.94. The van der Waals surface area contributed by atoms with Crippen LogP contribution >= 0.6 is 34.8 Å². The van der Waals surface area contributed by atoms with E-state index in [-0.39, 0.29) is 6.04 Å². The first-order valence-electron chi connectivity index (χ1n) is 6.80. The highest BCUT2D eigenvalue weighted by Crippen LogP contribution is 2.37. The van der Waals surface area contributed by atoms with Crippen LogP contribution in [-0.4, -0.2) is 12.9 Å². The van der Waals surface area contributed by atoms with E-state index in [4.69, 9.17) is 34.8 Å². The quantitative estimate of drug-likeness (QED) is 0.809. The molecule has 0 spiro atoms. The van der Waals surface area contributed by atoms with Gasteiger partial charge in [0.2, 0.25) is 0 Å². The number of aliphatic imine (C=N–C) groups is 1. The van der Waals surface area contributed by atoms with Crippen molar-refractivity contribution >= 4 is 46.3 Å². The molecule has 0 saturated carbocycles. The van der Waals surface area contributed by atoms with Gasteiger partial charge in [-0.25, -0.2) is 0 Å². The molecule has 0 bridgehead atoms. The normalized spacial score (nSPS) is 19.5. The summed E-state index contributed by atoms with van der Waals surface area (Å²) in [6, 6.07) is 13.4. The lowest BCUT2D eigenvalue weighted by Gasteiger charge is -2.27. The van der Waals surface area contributed by atoms with Crippen LogP contribution in [0.15, 0.2) is 47.5 Å². The summed E-state index contributed by atoms with van der Waals surface area (Å²) in [6.07, 6.45) is 0.775. The number of nitrogens with one attached hydrogen (secondary N) is 1. The Balaban J connectivity index is 2.01. The Hall–Kier alpha value is -1.42. The minimum Gasteiger partial charge on any atom is -0.285 e. The first-order chi connectivity index (χ1) is 10.6. The van der Waals surface area contributed by atoms with Crippen LogP contribution in [0.3, 0.4) is 0 Å². The molecule has 1 atom stereocenters. The molecule has 114 valence electrons. The molecule has 0 aliphatic carbocycles. The van der Waals surface area contributed by atoms with Crippen LogP contribution in [0.2, 0.25) is 15.1 Å². The summed E-state index contributed by atoms with van der Waals surface area (Å²) in [4.78, 5) is 4.27. The number of anilines is 1. The number of hydrazine groups is 1. The second-order valence-electron chi connectivity index (χ2n) is 5.02. The monoisotopic (exact) mass is 353 g/mol. The number of amidine groups is 1. The van der Waals surface area contributed by atoms with Gasteiger partial charge in [0.1, 0.15) is 5.84 Å². The Bertz CT molecular complexity index is 713. The largest absolute Gasteiger partial charge is 0.285 e. The van der Waals surface area contributed by atoms with Gasteiger partial charge >= 0.3 is 0 Å². The highest BCUT2D eigenvalue weighted by atomic mass is 35.5. The minimum absolute atomic E-state index is 0.0923. The highest BCUT2D eigenvalue weighted by molar-refractivity contribution is 6.36. The minimum atomic E-state index is 0.0923. The van der Waals surface area contributed by atoms with Gasteiger partial charge in [0.25, 0.3) is 0 Å². The number of benzene rings is 2. The summed E-state index contributed by atoms with van der Waals surface area (Å²) in [7, 11) is 1.77. The fourth-order valence-corrected chi connectivity index (χ4v) is 3.16. The molecular weight excluding hydrogens is 341 g/mol. The van der Waals surface area contributed by atoms with Gasteiger partial charge in [-0.15, -0.1) is 0 Å². The molecule has 1 N–H and O–H groups in total. The van der Waals surface area contributed by atoms with Crippen LogP contribution in [0.4, 0.5) is 5.69 Å². The predicted molar refractivity (Wildman–Crippen MR) is 94.2 cm³/mol. The average molecular weight is 355 g/mol. The maximum Gasteiger partial charge on any atom is 0.117 e. The van der Waals surface area contributed by atoms with Crippen LogP contribution < -0.4 is 10.4 Å². The molecule has 3 rings (SSSR count). The van der Waals surface area contributed by atoms with E-state index < -0.39 is 0 Å². The van der Waals surface area contributed by atoms with Gasteiger partial charge < -0.3 is 0 Å². The number of rotatable bonds is 2. The van der Waals surface area contributed by atoms with Gasteiger partial charge in [-0.3, -0.25) is 15.4 Å². The standard InChI is InChI=1S/C16H14Cl3N3/c1-20-16-9-15(10-2-4-11(17)5-3-10)22(21-16)14-7-6-12(18)8-13(14)19/h2-8,15H,9H2,1H3,(H,20,21). The smallest absolute Gasteiger partial charge is 0.117 e. The SMILES string of the molecule is CN=C1CC(c2ccc(Cl)cc2)N(c2ccc(Cl)cc2Cl)N1. The summed E-state index contributed by atoms with van der Waals surface area (Å²) in [6.45, 7) is 0. The third kappa shape index (κ3) is 3.02. The van der Waals surface area contributed by atoms with E-state index in [1.165, 1.54) is 0 Å². The van der Waals surface area contributed by atoms with Gasteiger partial charge in [0, 0.05) is 23.5 Å². The van der Waals surface area contributed by atoms with E-state index >= 15 is 0 Å². The van der Waals surface area contributed by atoms with Crippen molar-refractivity contribution in [1.82, 2.24) is 5.43 Å². The molecule has 2 aromatic rings. The maximum absolute atomic E-state index is 6.35. The maximum atomic E-state index is 6.35. The van der Waals surface area contributed by atoms with Gasteiger partial charge in [-0.05, 0) is 35.9 Å². The molecule has 6 heteroatoms. The zero-order chi connectivity index (χ0) is 15.7. The average Bonchev–Trinajstić information content (AvgIpc) is 2.92. The highest BCUT2D eigenvalue weighted by Gasteiger charge is 2.31. The third-order valence-electron chi connectivity index (χ3n) is 3.64. The van der Waals surface area contributed by atoms with Crippen molar-refractivity contribution in [2.45, 2.75) is 12.5 Å². The van der Waals surface area contributed by atoms with Crippen LogP contribution in [0.5, 0.6) is 0 Å². The van der Waals surface area contributed by atoms with Gasteiger partial charge in [-0.1, -0.05) is 46.9 Å². The summed E-state index contributed by atoms with van der Waals surface area (Å²) in [5.74, 6) is 0.908. The lowest BCUT2D eigenvalue weighted by Crippen LogP contribution is -2.35. The van der Waals surface area contributed by atoms with E-state index in [0.29, 0.717) is 10.0 Å². The Morgan fingerprint density at radius 1 is 1.05 bits per heavy atom. The molecule has 0 amide bonds. The number of nitrogens with zero attached hydrogens (tertiary/aromatic N) is 2. The summed E-state index contributed by atoms with van der Waals surface area (Å²) in [5.41, 5.74) is 5.31. The van der Waals surface area contributed by atoms with E-state index in [2.05, 4.69) is 10.4 Å². The van der Waals surface area contributed by atoms with E-state index in [0.717, 1.165) is 28.5 Å². The zero-order valence-corrected chi connectivity index (χ0v) is 14.1. The molecular formula is C16H14Cl3N3. The van der Waals surface area contributed by atoms with Gasteiger partial charge in [0.05, 0.1) is 16.8 Å². The molecule has 1 aliphatic rings. The molecule has 1 heterocycles. The molecule has 1 aliphatic heterocycles. The van der Waals surface area contributed by atoms with Crippen molar-refractivity contribution in [3.63, 3.8) is 0 Å². The van der Waals surface area contributed by atoms with Crippen molar-refractivity contribution in [1.29, 1.82) is 0 Å². The molecule has 1 unspecified atom stereocenters. The fraction of sp³-hybridized carbons (Fsp3) is 0.188. The number of halogens is 3. The Morgan fingerprint density at radius 3 is 2.36 bits per heavy atom. The molecule has 0 aromatic heterocycles. The summed E-state index contributed by atoms with van der Waals surface area (Å²) >= 11 is 18.3. The molecule has 22 heavy (non-hydrogen) atoms. The summed E-state index contributed by atoms with van der Waals surface area (Å²) < 4.78 is 0. The van der Waals surface area contributed by atoms with Crippen molar-refractivity contribution < 1.29 is 0 Å². The number of hydrogen-bond donors (Lipinski definition) is 1. The van der Waals surface area contributed by atoms with Crippen molar-refractivity contribution in [2.24, 2.45) is 4.99 Å². The molecule has 1 saturated heterocycles. The third-order valence-corrected chi connectivity index (χ3v) is 4.43. The van der Waals surface area contributed by atoms with Crippen molar-refractivity contribution in [2.75, 3.05) is 12.1 Å². The van der Waals surface area contributed by atoms with Crippen LogP contribution in [0, 0.1) is 0 Å². The fourth-order valence-electron chi connectivity index (χ4n) is 2.53. The van der Waals surface area contributed by atoms with Crippen LogP contribution in [0.25, 0.3) is 0 Å². The van der Waals surface area contributed by atoms with Gasteiger partial charge in [0.15, 0.2) is 0 Å². The Labute approximate surface area is 144 Å². The second-order valence-corrected chi connectivity index (χ2v) is 6.30. The second kappa shape index (κ2) is 6.37. The molecule has 0 radical (unpaired) electrons. The lowest BCUT2D eigenvalue weighted by atomic mass is 10.0. The molecule has 2 aromatic carbocycles. The van der Waals surface area contributed by atoms with E-state index in [9.17, 15) is 0 Å². The van der Waals surface area contributed by atoms with Crippen LogP contribution in [0.1, 0.15) is 18.0 Å². The van der Waals surface area contributed by atoms with Crippen molar-refractivity contribution in [3.8, 4) is 0 Å². The predicted octanol–water partition coefficient (Wildman–Crippen LogP) is 5.13. The molecule has 1 fully saturated rings. The van der Waals surface area contributed by atoms with E-state index in [1.54, 1.807) is 13.1 Å². The van der Waals surface area contributed by atoms with E-state index in [1.807, 2.05) is 41.4 Å². The zero-order valence-electron chi connectivity index (χ0n) is 11.9. The molecule has 3 nitrogen and oxygen atoms in total. The topological polar surface area (TPSA) is 27.6 Å².